The van der Waals surface area contributed by atoms with Gasteiger partial charge in [-0.3, -0.25) is 9.59 Å². The van der Waals surface area contributed by atoms with Gasteiger partial charge in [0.1, 0.15) is 5.82 Å². The number of hydrazone groups is 1. The molecule has 3 rings (SSSR count). The Morgan fingerprint density at radius 1 is 0.897 bits per heavy atom. The molecule has 2 amide bonds. The maximum Gasteiger partial charge on any atom is 0.252 e. The van der Waals surface area contributed by atoms with Crippen LogP contribution in [0.2, 0.25) is 0 Å². The molecular weight excluding hydrogens is 364 g/mol. The zero-order valence-corrected chi connectivity index (χ0v) is 16.1. The van der Waals surface area contributed by atoms with Crippen LogP contribution in [0.15, 0.2) is 90.2 Å². The van der Waals surface area contributed by atoms with Crippen molar-refractivity contribution < 1.29 is 9.59 Å². The Balaban J connectivity index is 1.67. The number of amides is 2. The first-order valence-corrected chi connectivity index (χ1v) is 9.27. The Morgan fingerprint density at radius 3 is 2.03 bits per heavy atom. The average molecular weight is 386 g/mol. The van der Waals surface area contributed by atoms with Gasteiger partial charge in [-0.05, 0) is 30.2 Å². The molecule has 0 saturated carbocycles. The lowest BCUT2D eigenvalue weighted by Gasteiger charge is -2.16. The molecule has 0 unspecified atom stereocenters. The Labute approximate surface area is 169 Å². The monoisotopic (exact) mass is 386 g/mol. The van der Waals surface area contributed by atoms with E-state index in [1.54, 1.807) is 31.3 Å². The van der Waals surface area contributed by atoms with Crippen molar-refractivity contribution in [3.05, 3.63) is 96.2 Å². The summed E-state index contributed by atoms with van der Waals surface area (Å²) in [6.07, 6.45) is 1.66. The second-order valence-electron chi connectivity index (χ2n) is 6.52. The van der Waals surface area contributed by atoms with Gasteiger partial charge >= 0.3 is 0 Å². The van der Waals surface area contributed by atoms with Gasteiger partial charge in [-0.25, -0.2) is 10.4 Å². The number of carbonyl (C=O) groups excluding carboxylic acids is 2. The Bertz CT molecular complexity index is 934. The minimum absolute atomic E-state index is 0.0538. The molecule has 0 atom stereocenters. The Hall–Kier alpha value is -3.80. The molecule has 0 fully saturated rings. The minimum atomic E-state index is -0.490. The maximum atomic E-state index is 12.9. The first-order chi connectivity index (χ1) is 14.1. The van der Waals surface area contributed by atoms with Gasteiger partial charge in [0, 0.05) is 11.9 Å². The summed E-state index contributed by atoms with van der Waals surface area (Å²) in [5.41, 5.74) is 4.84. The molecule has 0 radical (unpaired) electrons. The van der Waals surface area contributed by atoms with Crippen molar-refractivity contribution >= 4 is 23.3 Å². The molecule has 6 heteroatoms. The maximum absolute atomic E-state index is 12.9. The zero-order valence-electron chi connectivity index (χ0n) is 16.1. The van der Waals surface area contributed by atoms with Crippen LogP contribution in [0.3, 0.4) is 0 Å². The molecule has 1 aromatic heterocycles. The van der Waals surface area contributed by atoms with Crippen LogP contribution in [0.5, 0.6) is 0 Å². The van der Waals surface area contributed by atoms with Crippen LogP contribution in [0, 0.1) is 0 Å². The lowest BCUT2D eigenvalue weighted by molar-refractivity contribution is -0.121. The second kappa shape index (κ2) is 9.94. The summed E-state index contributed by atoms with van der Waals surface area (Å²) in [5.74, 6) is -0.521. The summed E-state index contributed by atoms with van der Waals surface area (Å²) >= 11 is 0. The van der Waals surface area contributed by atoms with Crippen molar-refractivity contribution in [2.45, 2.75) is 19.3 Å². The highest BCUT2D eigenvalue weighted by Gasteiger charge is 2.22. The average Bonchev–Trinajstić information content (AvgIpc) is 2.75. The van der Waals surface area contributed by atoms with Crippen LogP contribution in [-0.2, 0) is 9.59 Å². The summed E-state index contributed by atoms with van der Waals surface area (Å²) in [5, 5.41) is 6.80. The lowest BCUT2D eigenvalue weighted by Crippen LogP contribution is -2.27. The van der Waals surface area contributed by atoms with E-state index in [0.29, 0.717) is 11.5 Å². The molecule has 6 nitrogen and oxygen atoms in total. The Morgan fingerprint density at radius 2 is 1.48 bits per heavy atom. The predicted molar refractivity (Wildman–Crippen MR) is 113 cm³/mol. The fourth-order valence-corrected chi connectivity index (χ4v) is 2.90. The van der Waals surface area contributed by atoms with E-state index >= 15 is 0 Å². The van der Waals surface area contributed by atoms with E-state index < -0.39 is 5.92 Å². The molecule has 0 aliphatic rings. The summed E-state index contributed by atoms with van der Waals surface area (Å²) in [4.78, 5) is 29.0. The van der Waals surface area contributed by atoms with Crippen LogP contribution < -0.4 is 10.7 Å². The van der Waals surface area contributed by atoms with Gasteiger partial charge < -0.3 is 5.32 Å². The summed E-state index contributed by atoms with van der Waals surface area (Å²) in [6.45, 7) is 1.69. The molecular formula is C23H22N4O2. The number of nitrogens with one attached hydrogen (secondary N) is 2. The molecule has 29 heavy (non-hydrogen) atoms. The third kappa shape index (κ3) is 5.84. The second-order valence-corrected chi connectivity index (χ2v) is 6.52. The van der Waals surface area contributed by atoms with Crippen LogP contribution in [0.1, 0.15) is 30.4 Å². The number of aromatic nitrogens is 1. The third-order valence-electron chi connectivity index (χ3n) is 4.23. The van der Waals surface area contributed by atoms with E-state index in [1.807, 2.05) is 60.7 Å². The van der Waals surface area contributed by atoms with Crippen LogP contribution in [0.25, 0.3) is 0 Å². The number of carbonyl (C=O) groups is 2. The van der Waals surface area contributed by atoms with E-state index in [2.05, 4.69) is 20.8 Å². The van der Waals surface area contributed by atoms with Crippen molar-refractivity contribution in [2.75, 3.05) is 5.32 Å². The lowest BCUT2D eigenvalue weighted by atomic mass is 9.91. The standard InChI is InChI=1S/C23H22N4O2/c1-17(16-21(28)25-20-14-8-9-15-24-20)26-27-23(29)22(18-10-4-2-5-11-18)19-12-6-3-7-13-19/h2-15,22H,16H2,1H3,(H,27,29)(H,24,25,28). The topological polar surface area (TPSA) is 83.4 Å². The molecule has 2 N–H and O–H groups in total. The molecule has 0 bridgehead atoms. The molecule has 146 valence electrons. The molecule has 1 heterocycles. The van der Waals surface area contributed by atoms with E-state index in [9.17, 15) is 9.59 Å². The predicted octanol–water partition coefficient (Wildman–Crippen LogP) is 3.73. The number of benzene rings is 2. The highest BCUT2D eigenvalue weighted by molar-refractivity contribution is 6.05. The van der Waals surface area contributed by atoms with Gasteiger partial charge in [0.25, 0.3) is 5.91 Å². The quantitative estimate of drug-likeness (QED) is 0.479. The van der Waals surface area contributed by atoms with E-state index in [4.69, 9.17) is 0 Å². The van der Waals surface area contributed by atoms with Crippen molar-refractivity contribution in [1.82, 2.24) is 10.4 Å². The highest BCUT2D eigenvalue weighted by Crippen LogP contribution is 2.24. The number of hydrogen-bond donors (Lipinski definition) is 2. The van der Waals surface area contributed by atoms with Gasteiger partial charge in [0.15, 0.2) is 0 Å². The largest absolute Gasteiger partial charge is 0.310 e. The van der Waals surface area contributed by atoms with Gasteiger partial charge in [-0.15, -0.1) is 0 Å². The van der Waals surface area contributed by atoms with Gasteiger partial charge in [-0.2, -0.15) is 5.10 Å². The van der Waals surface area contributed by atoms with Crippen molar-refractivity contribution in [3.8, 4) is 0 Å². The first kappa shape index (κ1) is 19.9. The Kier molecular flexibility index (Phi) is 6.84. The number of hydrogen-bond acceptors (Lipinski definition) is 4. The number of nitrogens with zero attached hydrogens (tertiary/aromatic N) is 2. The molecule has 0 aliphatic heterocycles. The fourth-order valence-electron chi connectivity index (χ4n) is 2.90. The summed E-state index contributed by atoms with van der Waals surface area (Å²) in [7, 11) is 0. The fraction of sp³-hybridized carbons (Fsp3) is 0.130. The third-order valence-corrected chi connectivity index (χ3v) is 4.23. The summed E-state index contributed by atoms with van der Waals surface area (Å²) < 4.78 is 0. The number of pyridine rings is 1. The molecule has 2 aromatic carbocycles. The van der Waals surface area contributed by atoms with E-state index in [0.717, 1.165) is 11.1 Å². The summed E-state index contributed by atoms with van der Waals surface area (Å²) in [6, 6.07) is 24.3. The SMILES string of the molecule is CC(CC(=O)Nc1ccccn1)=NNC(=O)C(c1ccccc1)c1ccccc1. The van der Waals surface area contributed by atoms with Crippen molar-refractivity contribution in [3.63, 3.8) is 0 Å². The van der Waals surface area contributed by atoms with E-state index in [-0.39, 0.29) is 18.2 Å². The molecule has 3 aromatic rings. The number of anilines is 1. The minimum Gasteiger partial charge on any atom is -0.310 e. The van der Waals surface area contributed by atoms with Crippen LogP contribution >= 0.6 is 0 Å². The van der Waals surface area contributed by atoms with Crippen LogP contribution in [0.4, 0.5) is 5.82 Å². The first-order valence-electron chi connectivity index (χ1n) is 9.27. The van der Waals surface area contributed by atoms with E-state index in [1.165, 1.54) is 0 Å². The normalized spacial score (nSPS) is 11.2. The zero-order chi connectivity index (χ0) is 20.5. The van der Waals surface area contributed by atoms with Crippen molar-refractivity contribution in [2.24, 2.45) is 5.10 Å². The van der Waals surface area contributed by atoms with Crippen LogP contribution in [-0.4, -0.2) is 22.5 Å². The molecule has 0 aliphatic carbocycles. The molecule has 0 spiro atoms. The number of rotatable bonds is 7. The van der Waals surface area contributed by atoms with Gasteiger partial charge in [0.2, 0.25) is 5.91 Å². The van der Waals surface area contributed by atoms with Gasteiger partial charge in [0.05, 0.1) is 12.3 Å². The highest BCUT2D eigenvalue weighted by atomic mass is 16.2. The van der Waals surface area contributed by atoms with Gasteiger partial charge in [-0.1, -0.05) is 66.7 Å². The van der Waals surface area contributed by atoms with Crippen molar-refractivity contribution in [1.29, 1.82) is 0 Å². The smallest absolute Gasteiger partial charge is 0.252 e. The molecule has 0 saturated heterocycles.